The van der Waals surface area contributed by atoms with Gasteiger partial charge in [0.1, 0.15) is 22.9 Å². The van der Waals surface area contributed by atoms with Gasteiger partial charge in [-0.3, -0.25) is 0 Å². The van der Waals surface area contributed by atoms with Crippen LogP contribution < -0.4 is 11.2 Å². The van der Waals surface area contributed by atoms with Crippen molar-refractivity contribution in [2.75, 3.05) is 5.32 Å². The SMILES string of the molecule is NN=C(c1ccc(O)cc1O)c1nc2nonc2nc1Nc1ccc(Cl)c(Cl)c1. The lowest BCUT2D eigenvalue weighted by Gasteiger charge is -2.13. The molecule has 146 valence electrons. The van der Waals surface area contributed by atoms with Crippen molar-refractivity contribution in [2.45, 2.75) is 0 Å². The molecule has 0 fully saturated rings. The average molecular weight is 432 g/mol. The molecule has 12 heteroatoms. The first kappa shape index (κ1) is 18.7. The normalized spacial score (nSPS) is 11.7. The molecule has 0 saturated heterocycles. The summed E-state index contributed by atoms with van der Waals surface area (Å²) in [5.74, 6) is 5.41. The number of nitrogens with one attached hydrogen (secondary N) is 1. The number of aromatic hydroxyl groups is 2. The standard InChI is InChI=1S/C17H11Cl2N7O3/c18-10-4-1-7(5-11(10)19)21-15-14(22-16-17(23-15)26-29-25-16)13(24-20)9-3-2-8(27)6-12(9)28/h1-6,27-28H,20H2,(H,21,23,26). The van der Waals surface area contributed by atoms with E-state index in [1.54, 1.807) is 18.2 Å². The maximum Gasteiger partial charge on any atom is 0.245 e. The van der Waals surface area contributed by atoms with Gasteiger partial charge in [0.05, 0.1) is 10.0 Å². The lowest BCUT2D eigenvalue weighted by atomic mass is 10.1. The molecule has 0 saturated carbocycles. The Bertz CT molecular complexity index is 1260. The molecule has 0 bridgehead atoms. The topological polar surface area (TPSA) is 156 Å². The maximum absolute atomic E-state index is 10.2. The first-order chi connectivity index (χ1) is 14.0. The van der Waals surface area contributed by atoms with Gasteiger partial charge < -0.3 is 21.4 Å². The number of hydrogen-bond acceptors (Lipinski definition) is 10. The Hall–Kier alpha value is -3.63. The highest BCUT2D eigenvalue weighted by atomic mass is 35.5. The van der Waals surface area contributed by atoms with Crippen molar-refractivity contribution in [1.82, 2.24) is 20.3 Å². The van der Waals surface area contributed by atoms with Gasteiger partial charge in [-0.25, -0.2) is 14.6 Å². The third-order valence-corrected chi connectivity index (χ3v) is 4.63. The molecule has 2 heterocycles. The first-order valence-corrected chi connectivity index (χ1v) is 8.75. The van der Waals surface area contributed by atoms with Crippen LogP contribution in [0.1, 0.15) is 11.3 Å². The molecule has 10 nitrogen and oxygen atoms in total. The second kappa shape index (κ2) is 7.41. The summed E-state index contributed by atoms with van der Waals surface area (Å²) < 4.78 is 4.67. The molecule has 0 amide bonds. The number of anilines is 2. The van der Waals surface area contributed by atoms with Gasteiger partial charge >= 0.3 is 0 Å². The molecule has 0 radical (unpaired) electrons. The molecule has 5 N–H and O–H groups in total. The molecule has 2 aromatic carbocycles. The van der Waals surface area contributed by atoms with E-state index in [1.807, 2.05) is 0 Å². The minimum atomic E-state index is -0.255. The molecule has 0 spiro atoms. The van der Waals surface area contributed by atoms with Crippen LogP contribution in [0.25, 0.3) is 11.3 Å². The van der Waals surface area contributed by atoms with E-state index in [-0.39, 0.29) is 45.6 Å². The monoisotopic (exact) mass is 431 g/mol. The molecule has 29 heavy (non-hydrogen) atoms. The highest BCUT2D eigenvalue weighted by molar-refractivity contribution is 6.42. The Morgan fingerprint density at radius 3 is 2.45 bits per heavy atom. The van der Waals surface area contributed by atoms with E-state index < -0.39 is 0 Å². The molecule has 4 rings (SSSR count). The number of hydrazone groups is 1. The van der Waals surface area contributed by atoms with E-state index in [2.05, 4.69) is 35.3 Å². The number of hydrogen-bond donors (Lipinski definition) is 4. The summed E-state index contributed by atoms with van der Waals surface area (Å²) >= 11 is 12.0. The van der Waals surface area contributed by atoms with Gasteiger partial charge in [0, 0.05) is 17.3 Å². The summed E-state index contributed by atoms with van der Waals surface area (Å²) in [6.45, 7) is 0. The highest BCUT2D eigenvalue weighted by Gasteiger charge is 2.22. The quantitative estimate of drug-likeness (QED) is 0.216. The minimum absolute atomic E-state index is 0.0856. The zero-order chi connectivity index (χ0) is 20.5. The summed E-state index contributed by atoms with van der Waals surface area (Å²) in [5.41, 5.74) is 1.26. The van der Waals surface area contributed by atoms with Crippen molar-refractivity contribution in [2.24, 2.45) is 10.9 Å². The van der Waals surface area contributed by atoms with Crippen molar-refractivity contribution in [1.29, 1.82) is 0 Å². The summed E-state index contributed by atoms with van der Waals surface area (Å²) in [4.78, 5) is 8.69. The smallest absolute Gasteiger partial charge is 0.245 e. The highest BCUT2D eigenvalue weighted by Crippen LogP contribution is 2.30. The molecule has 0 aliphatic rings. The lowest BCUT2D eigenvalue weighted by molar-refractivity contribution is 0.314. The maximum atomic E-state index is 10.2. The van der Waals surface area contributed by atoms with Crippen LogP contribution in [0.15, 0.2) is 46.1 Å². The predicted molar refractivity (Wildman–Crippen MR) is 107 cm³/mol. The number of benzene rings is 2. The minimum Gasteiger partial charge on any atom is -0.508 e. The predicted octanol–water partition coefficient (Wildman–Crippen LogP) is 3.19. The number of phenolic OH excluding ortho intramolecular Hbond substituents is 2. The zero-order valence-electron chi connectivity index (χ0n) is 14.3. The van der Waals surface area contributed by atoms with Crippen molar-refractivity contribution in [3.05, 3.63) is 57.7 Å². The van der Waals surface area contributed by atoms with Crippen LogP contribution in [-0.2, 0) is 0 Å². The number of nitrogens with two attached hydrogens (primary N) is 1. The molecular formula is C17H11Cl2N7O3. The summed E-state index contributed by atoms with van der Waals surface area (Å²) in [5, 5.41) is 34.7. The fourth-order valence-corrected chi connectivity index (χ4v) is 2.88. The van der Waals surface area contributed by atoms with Crippen LogP contribution in [0.3, 0.4) is 0 Å². The number of rotatable bonds is 4. The number of halogens is 2. The Morgan fingerprint density at radius 2 is 1.76 bits per heavy atom. The summed E-state index contributed by atoms with van der Waals surface area (Å²) in [6, 6.07) is 8.84. The van der Waals surface area contributed by atoms with Crippen molar-refractivity contribution < 1.29 is 14.8 Å². The number of phenols is 2. The Labute approximate surface area is 172 Å². The lowest BCUT2D eigenvalue weighted by Crippen LogP contribution is -2.13. The largest absolute Gasteiger partial charge is 0.508 e. The second-order valence-electron chi connectivity index (χ2n) is 5.77. The Balaban J connectivity index is 1.87. The molecular weight excluding hydrogens is 421 g/mol. The van der Waals surface area contributed by atoms with E-state index >= 15 is 0 Å². The van der Waals surface area contributed by atoms with E-state index in [4.69, 9.17) is 29.0 Å². The van der Waals surface area contributed by atoms with Gasteiger partial charge in [0.2, 0.25) is 11.3 Å². The van der Waals surface area contributed by atoms with Crippen LogP contribution in [0.4, 0.5) is 11.5 Å². The van der Waals surface area contributed by atoms with Crippen LogP contribution >= 0.6 is 23.2 Å². The number of aromatic nitrogens is 4. The van der Waals surface area contributed by atoms with Gasteiger partial charge in [-0.1, -0.05) is 23.2 Å². The molecule has 2 aromatic heterocycles. The van der Waals surface area contributed by atoms with E-state index in [1.165, 1.54) is 12.1 Å². The summed E-state index contributed by atoms with van der Waals surface area (Å²) in [6.07, 6.45) is 0. The molecule has 0 aliphatic carbocycles. The Morgan fingerprint density at radius 1 is 1.00 bits per heavy atom. The Kier molecular flexibility index (Phi) is 4.79. The van der Waals surface area contributed by atoms with Crippen LogP contribution in [0.2, 0.25) is 10.0 Å². The molecule has 0 aliphatic heterocycles. The van der Waals surface area contributed by atoms with Crippen LogP contribution in [0.5, 0.6) is 11.5 Å². The molecule has 4 aromatic rings. The van der Waals surface area contributed by atoms with Gasteiger partial charge in [0.25, 0.3) is 0 Å². The van der Waals surface area contributed by atoms with Crippen LogP contribution in [-0.4, -0.2) is 36.2 Å². The van der Waals surface area contributed by atoms with E-state index in [0.717, 1.165) is 6.07 Å². The van der Waals surface area contributed by atoms with Gasteiger partial charge in [-0.05, 0) is 40.6 Å². The first-order valence-electron chi connectivity index (χ1n) is 7.99. The van der Waals surface area contributed by atoms with E-state index in [0.29, 0.717) is 15.7 Å². The van der Waals surface area contributed by atoms with Gasteiger partial charge in [-0.2, -0.15) is 5.10 Å². The number of fused-ring (bicyclic) bond motifs is 1. The van der Waals surface area contributed by atoms with E-state index in [9.17, 15) is 10.2 Å². The van der Waals surface area contributed by atoms with Crippen molar-refractivity contribution in [3.63, 3.8) is 0 Å². The molecule has 0 unspecified atom stereocenters. The fraction of sp³-hybridized carbons (Fsp3) is 0. The third-order valence-electron chi connectivity index (χ3n) is 3.89. The third kappa shape index (κ3) is 3.58. The van der Waals surface area contributed by atoms with Crippen molar-refractivity contribution >= 4 is 51.7 Å². The second-order valence-corrected chi connectivity index (χ2v) is 6.58. The van der Waals surface area contributed by atoms with Crippen LogP contribution in [0, 0.1) is 0 Å². The number of nitrogens with zero attached hydrogens (tertiary/aromatic N) is 5. The summed E-state index contributed by atoms with van der Waals surface area (Å²) in [7, 11) is 0. The van der Waals surface area contributed by atoms with Gasteiger partial charge in [0.15, 0.2) is 5.82 Å². The molecule has 0 atom stereocenters. The average Bonchev–Trinajstić information content (AvgIpc) is 3.14. The fourth-order valence-electron chi connectivity index (χ4n) is 2.58. The van der Waals surface area contributed by atoms with Gasteiger partial charge in [-0.15, -0.1) is 0 Å². The van der Waals surface area contributed by atoms with Crippen molar-refractivity contribution in [3.8, 4) is 11.5 Å². The zero-order valence-corrected chi connectivity index (χ0v) is 15.8.